The Hall–Kier alpha value is -0.510. The molecule has 1 N–H and O–H groups in total. The lowest BCUT2D eigenvalue weighted by Gasteiger charge is -2.15. The molecule has 20 heavy (non-hydrogen) atoms. The van der Waals surface area contributed by atoms with Crippen molar-refractivity contribution in [2.24, 2.45) is 0 Å². The van der Waals surface area contributed by atoms with Crippen LogP contribution in [0, 0.1) is 0 Å². The van der Waals surface area contributed by atoms with Gasteiger partial charge in [0.25, 0.3) is 0 Å². The van der Waals surface area contributed by atoms with Crippen LogP contribution in [0.25, 0.3) is 0 Å². The van der Waals surface area contributed by atoms with Gasteiger partial charge in [-0.05, 0) is 78.4 Å². The Bertz CT molecular complexity index is 599. The van der Waals surface area contributed by atoms with Crippen LogP contribution >= 0.6 is 38.9 Å². The Labute approximate surface area is 137 Å². The van der Waals surface area contributed by atoms with Gasteiger partial charge in [0, 0.05) is 24.9 Å². The first kappa shape index (κ1) is 14.4. The fourth-order valence-corrected chi connectivity index (χ4v) is 4.70. The van der Waals surface area contributed by atoms with Crippen LogP contribution in [0.3, 0.4) is 0 Å². The Balaban J connectivity index is 1.78. The number of thiophene rings is 1. The molecule has 1 unspecified atom stereocenters. The average molecular weight is 371 g/mol. The van der Waals surface area contributed by atoms with E-state index in [-0.39, 0.29) is 0 Å². The minimum atomic E-state index is 0.322. The number of anilines is 1. The molecule has 1 heterocycles. The van der Waals surface area contributed by atoms with Gasteiger partial charge in [-0.1, -0.05) is 11.6 Å². The summed E-state index contributed by atoms with van der Waals surface area (Å²) < 4.78 is 1.01. The zero-order chi connectivity index (χ0) is 14.1. The Kier molecular flexibility index (Phi) is 4.39. The van der Waals surface area contributed by atoms with Gasteiger partial charge in [-0.25, -0.2) is 0 Å². The molecular weight excluding hydrogens is 354 g/mol. The second kappa shape index (κ2) is 6.08. The van der Waals surface area contributed by atoms with E-state index in [1.54, 1.807) is 10.4 Å². The van der Waals surface area contributed by atoms with Crippen molar-refractivity contribution in [3.05, 3.63) is 49.1 Å². The molecule has 0 aliphatic heterocycles. The highest BCUT2D eigenvalue weighted by Crippen LogP contribution is 2.35. The summed E-state index contributed by atoms with van der Waals surface area (Å²) in [7, 11) is 0. The van der Waals surface area contributed by atoms with Crippen molar-refractivity contribution < 1.29 is 0 Å². The standard InChI is InChI=1S/C16H17BrClNS/c1-10(19-14-7-6-12(18)9-13(14)17)16-8-11-4-2-3-5-15(11)20-16/h6-10,19H,2-5H2,1H3. The number of fused-ring (bicyclic) bond motifs is 1. The summed E-state index contributed by atoms with van der Waals surface area (Å²) in [5.74, 6) is 0. The van der Waals surface area contributed by atoms with E-state index in [4.69, 9.17) is 11.6 Å². The van der Waals surface area contributed by atoms with Crippen molar-refractivity contribution in [1.29, 1.82) is 0 Å². The fourth-order valence-electron chi connectivity index (χ4n) is 2.64. The molecule has 1 aromatic carbocycles. The molecule has 1 aliphatic rings. The maximum atomic E-state index is 5.98. The third-order valence-electron chi connectivity index (χ3n) is 3.75. The summed E-state index contributed by atoms with van der Waals surface area (Å²) in [5.41, 5.74) is 2.66. The lowest BCUT2D eigenvalue weighted by Crippen LogP contribution is -2.05. The predicted molar refractivity (Wildman–Crippen MR) is 92.2 cm³/mol. The van der Waals surface area contributed by atoms with Gasteiger partial charge >= 0.3 is 0 Å². The lowest BCUT2D eigenvalue weighted by atomic mass is 9.99. The number of rotatable bonds is 3. The molecule has 0 saturated carbocycles. The summed E-state index contributed by atoms with van der Waals surface area (Å²) in [6.07, 6.45) is 5.20. The van der Waals surface area contributed by atoms with Crippen molar-refractivity contribution in [2.75, 3.05) is 5.32 Å². The van der Waals surface area contributed by atoms with E-state index in [0.29, 0.717) is 6.04 Å². The van der Waals surface area contributed by atoms with E-state index >= 15 is 0 Å². The minimum Gasteiger partial charge on any atom is -0.377 e. The number of hydrogen-bond acceptors (Lipinski definition) is 2. The Morgan fingerprint density at radius 3 is 2.80 bits per heavy atom. The van der Waals surface area contributed by atoms with Crippen LogP contribution in [-0.2, 0) is 12.8 Å². The number of halogens is 2. The summed E-state index contributed by atoms with van der Waals surface area (Å²) in [4.78, 5) is 3.02. The molecule has 0 amide bonds. The van der Waals surface area contributed by atoms with Crippen LogP contribution in [0.4, 0.5) is 5.69 Å². The van der Waals surface area contributed by atoms with Gasteiger partial charge in [0.15, 0.2) is 0 Å². The van der Waals surface area contributed by atoms with E-state index in [2.05, 4.69) is 34.2 Å². The molecule has 1 aliphatic carbocycles. The highest BCUT2D eigenvalue weighted by atomic mass is 79.9. The summed E-state index contributed by atoms with van der Waals surface area (Å²) >= 11 is 11.5. The average Bonchev–Trinajstić information content (AvgIpc) is 2.86. The maximum Gasteiger partial charge on any atom is 0.0579 e. The number of benzene rings is 1. The van der Waals surface area contributed by atoms with Crippen LogP contribution in [0.15, 0.2) is 28.7 Å². The van der Waals surface area contributed by atoms with Gasteiger partial charge in [0.05, 0.1) is 6.04 Å². The van der Waals surface area contributed by atoms with Crippen LogP contribution in [0.2, 0.25) is 5.02 Å². The van der Waals surface area contributed by atoms with Crippen LogP contribution in [0.1, 0.15) is 41.1 Å². The largest absolute Gasteiger partial charge is 0.377 e. The normalized spacial score (nSPS) is 15.8. The first-order valence-corrected chi connectivity index (χ1v) is 8.95. The van der Waals surface area contributed by atoms with Gasteiger partial charge in [0.2, 0.25) is 0 Å². The lowest BCUT2D eigenvalue weighted by molar-refractivity contribution is 0.696. The smallest absolute Gasteiger partial charge is 0.0579 e. The quantitative estimate of drug-likeness (QED) is 0.676. The molecule has 0 spiro atoms. The predicted octanol–water partition coefficient (Wildman–Crippen LogP) is 6.22. The second-order valence-electron chi connectivity index (χ2n) is 5.29. The fraction of sp³-hybridized carbons (Fsp3) is 0.375. The first-order chi connectivity index (χ1) is 9.63. The highest BCUT2D eigenvalue weighted by molar-refractivity contribution is 9.10. The first-order valence-electron chi connectivity index (χ1n) is 6.96. The molecule has 0 saturated heterocycles. The molecule has 106 valence electrons. The SMILES string of the molecule is CC(Nc1ccc(Cl)cc1Br)c1cc2c(s1)CCCC2. The van der Waals surface area contributed by atoms with Gasteiger partial charge in [0.1, 0.15) is 0 Å². The molecule has 4 heteroatoms. The molecule has 1 aromatic heterocycles. The van der Waals surface area contributed by atoms with Crippen molar-refractivity contribution in [1.82, 2.24) is 0 Å². The van der Waals surface area contributed by atoms with E-state index < -0.39 is 0 Å². The molecule has 3 rings (SSSR count). The van der Waals surface area contributed by atoms with Crippen LogP contribution in [0.5, 0.6) is 0 Å². The topological polar surface area (TPSA) is 12.0 Å². The Morgan fingerprint density at radius 2 is 2.05 bits per heavy atom. The summed E-state index contributed by atoms with van der Waals surface area (Å²) in [5, 5.41) is 4.32. The zero-order valence-corrected chi connectivity index (χ0v) is 14.5. The minimum absolute atomic E-state index is 0.322. The van der Waals surface area contributed by atoms with E-state index in [1.165, 1.54) is 30.6 Å². The third kappa shape index (κ3) is 3.05. The maximum absolute atomic E-state index is 5.98. The van der Waals surface area contributed by atoms with Gasteiger partial charge in [-0.2, -0.15) is 0 Å². The van der Waals surface area contributed by atoms with Crippen molar-refractivity contribution in [3.63, 3.8) is 0 Å². The molecule has 2 aromatic rings. The monoisotopic (exact) mass is 369 g/mol. The van der Waals surface area contributed by atoms with Crippen molar-refractivity contribution >= 4 is 44.6 Å². The molecular formula is C16H17BrClNS. The molecule has 0 bridgehead atoms. The van der Waals surface area contributed by atoms with Crippen molar-refractivity contribution in [2.45, 2.75) is 38.6 Å². The Morgan fingerprint density at radius 1 is 1.25 bits per heavy atom. The van der Waals surface area contributed by atoms with Gasteiger partial charge in [-0.15, -0.1) is 11.3 Å². The van der Waals surface area contributed by atoms with Crippen LogP contribution < -0.4 is 5.32 Å². The van der Waals surface area contributed by atoms with Crippen molar-refractivity contribution in [3.8, 4) is 0 Å². The molecule has 1 nitrogen and oxygen atoms in total. The highest BCUT2D eigenvalue weighted by Gasteiger charge is 2.17. The van der Waals surface area contributed by atoms with Gasteiger partial charge < -0.3 is 5.32 Å². The summed E-state index contributed by atoms with van der Waals surface area (Å²) in [6.45, 7) is 2.22. The number of nitrogens with one attached hydrogen (secondary N) is 1. The second-order valence-corrected chi connectivity index (χ2v) is 7.75. The molecule has 0 fully saturated rings. The van der Waals surface area contributed by atoms with Gasteiger partial charge in [-0.3, -0.25) is 0 Å². The number of aryl methyl sites for hydroxylation is 2. The zero-order valence-electron chi connectivity index (χ0n) is 11.4. The molecule has 0 radical (unpaired) electrons. The summed E-state index contributed by atoms with van der Waals surface area (Å²) in [6, 6.07) is 8.58. The van der Waals surface area contributed by atoms with E-state index in [9.17, 15) is 0 Å². The van der Waals surface area contributed by atoms with Crippen LogP contribution in [-0.4, -0.2) is 0 Å². The van der Waals surface area contributed by atoms with E-state index in [1.807, 2.05) is 29.5 Å². The third-order valence-corrected chi connectivity index (χ3v) is 6.06. The molecule has 1 atom stereocenters. The number of hydrogen-bond donors (Lipinski definition) is 1. The van der Waals surface area contributed by atoms with E-state index in [0.717, 1.165) is 15.2 Å².